The van der Waals surface area contributed by atoms with Gasteiger partial charge >= 0.3 is 5.69 Å². The van der Waals surface area contributed by atoms with E-state index >= 15 is 4.39 Å². The number of nitrogens with one attached hydrogen (secondary N) is 1. The maximum absolute atomic E-state index is 15.0. The number of carbonyl (C=O) groups is 1. The molecule has 4 heterocycles. The number of rotatable bonds is 5. The van der Waals surface area contributed by atoms with E-state index in [4.69, 9.17) is 0 Å². The third-order valence-corrected chi connectivity index (χ3v) is 7.96. The lowest BCUT2D eigenvalue weighted by molar-refractivity contribution is -0.119. The molecule has 0 radical (unpaired) electrons. The molecule has 2 unspecified atom stereocenters. The lowest BCUT2D eigenvalue weighted by atomic mass is 10.1. The van der Waals surface area contributed by atoms with Crippen molar-refractivity contribution in [2.75, 3.05) is 16.8 Å². The minimum absolute atomic E-state index is 0.158. The zero-order chi connectivity index (χ0) is 26.6. The molecule has 1 aliphatic rings. The topological polar surface area (TPSA) is 107 Å². The first-order valence-electron chi connectivity index (χ1n) is 12.1. The summed E-state index contributed by atoms with van der Waals surface area (Å²) in [5.74, 6) is -0.717. The van der Waals surface area contributed by atoms with E-state index in [1.807, 2.05) is 13.0 Å². The molecule has 1 amide bonds. The predicted octanol–water partition coefficient (Wildman–Crippen LogP) is 3.19. The predicted molar refractivity (Wildman–Crippen MR) is 142 cm³/mol. The molecule has 12 heteroatoms. The number of benzene rings is 1. The van der Waals surface area contributed by atoms with E-state index in [-0.39, 0.29) is 11.3 Å². The highest BCUT2D eigenvalue weighted by molar-refractivity contribution is 7.16. The SMILES string of the molecule is Cc1sc(NC(=O)C(C)n2ncc3c2c(=O)n(C)c(=O)n3C)nc1-c1ccc(N2CCCC2C)c(F)c1. The smallest absolute Gasteiger partial charge is 0.331 e. The summed E-state index contributed by atoms with van der Waals surface area (Å²) in [6.45, 7) is 6.42. The standard InChI is InChI=1S/C25H28FN7O3S/c1-13-7-6-10-32(13)18-9-8-16(11-17(18)26)20-15(3)37-24(28-20)29-22(34)14(2)33-21-19(12-27-33)30(4)25(36)31(5)23(21)35/h8-9,11-14H,6-7,10H2,1-5H3,(H,28,29,34). The van der Waals surface area contributed by atoms with Crippen LogP contribution < -0.4 is 21.5 Å². The van der Waals surface area contributed by atoms with Crippen LogP contribution in [0.25, 0.3) is 22.3 Å². The van der Waals surface area contributed by atoms with Crippen molar-refractivity contribution in [2.24, 2.45) is 14.1 Å². The minimum Gasteiger partial charge on any atom is -0.366 e. The Morgan fingerprint density at radius 2 is 2.00 bits per heavy atom. The van der Waals surface area contributed by atoms with E-state index in [0.29, 0.717) is 33.6 Å². The molecule has 10 nitrogen and oxygen atoms in total. The third kappa shape index (κ3) is 4.14. The number of thiazole rings is 1. The molecule has 4 aromatic rings. The summed E-state index contributed by atoms with van der Waals surface area (Å²) in [4.78, 5) is 45.5. The number of hydrogen-bond donors (Lipinski definition) is 1. The van der Waals surface area contributed by atoms with Crippen LogP contribution in [0.3, 0.4) is 0 Å². The fourth-order valence-electron chi connectivity index (χ4n) is 4.89. The maximum atomic E-state index is 15.0. The second kappa shape index (κ2) is 9.25. The van der Waals surface area contributed by atoms with Gasteiger partial charge in [0.25, 0.3) is 11.5 Å². The van der Waals surface area contributed by atoms with Crippen molar-refractivity contribution in [3.8, 4) is 11.3 Å². The summed E-state index contributed by atoms with van der Waals surface area (Å²) in [5.41, 5.74) is 1.33. The van der Waals surface area contributed by atoms with E-state index in [2.05, 4.69) is 27.2 Å². The molecule has 0 saturated carbocycles. The molecule has 1 fully saturated rings. The Morgan fingerprint density at radius 3 is 2.68 bits per heavy atom. The van der Waals surface area contributed by atoms with Crippen molar-refractivity contribution in [3.63, 3.8) is 0 Å². The Balaban J connectivity index is 1.40. The number of amides is 1. The third-order valence-electron chi connectivity index (χ3n) is 7.08. The van der Waals surface area contributed by atoms with Crippen molar-refractivity contribution >= 4 is 39.1 Å². The Morgan fingerprint density at radius 1 is 1.24 bits per heavy atom. The highest BCUT2D eigenvalue weighted by Crippen LogP contribution is 2.34. The first-order chi connectivity index (χ1) is 17.6. The number of aryl methyl sites for hydroxylation is 2. The van der Waals surface area contributed by atoms with Crippen LogP contribution in [-0.2, 0) is 18.9 Å². The molecular weight excluding hydrogens is 497 g/mol. The summed E-state index contributed by atoms with van der Waals surface area (Å²) < 4.78 is 18.6. The number of anilines is 2. The average molecular weight is 526 g/mol. The van der Waals surface area contributed by atoms with Crippen LogP contribution in [0.1, 0.15) is 37.6 Å². The van der Waals surface area contributed by atoms with Gasteiger partial charge in [-0.1, -0.05) is 6.07 Å². The minimum atomic E-state index is -0.852. The van der Waals surface area contributed by atoms with Crippen molar-refractivity contribution in [2.45, 2.75) is 45.7 Å². The summed E-state index contributed by atoms with van der Waals surface area (Å²) in [6.07, 6.45) is 3.50. The van der Waals surface area contributed by atoms with E-state index in [1.54, 1.807) is 20.0 Å². The number of carbonyl (C=O) groups excluding carboxylic acids is 1. The van der Waals surface area contributed by atoms with Crippen LogP contribution in [0, 0.1) is 12.7 Å². The average Bonchev–Trinajstić information content (AvgIpc) is 3.59. The zero-order valence-corrected chi connectivity index (χ0v) is 22.1. The van der Waals surface area contributed by atoms with Gasteiger partial charge in [-0.15, -0.1) is 11.3 Å². The second-order valence-corrected chi connectivity index (χ2v) is 10.7. The molecule has 2 atom stereocenters. The molecule has 1 saturated heterocycles. The number of nitrogens with zero attached hydrogens (tertiary/aromatic N) is 6. The van der Waals surface area contributed by atoms with Crippen LogP contribution in [0.2, 0.25) is 0 Å². The van der Waals surface area contributed by atoms with Crippen LogP contribution >= 0.6 is 11.3 Å². The fraction of sp³-hybridized carbons (Fsp3) is 0.400. The highest BCUT2D eigenvalue weighted by Gasteiger charge is 2.25. The van der Waals surface area contributed by atoms with E-state index in [9.17, 15) is 14.4 Å². The largest absolute Gasteiger partial charge is 0.366 e. The van der Waals surface area contributed by atoms with Gasteiger partial charge in [-0.05, 0) is 45.7 Å². The molecular formula is C25H28FN7O3S. The quantitative estimate of drug-likeness (QED) is 0.429. The van der Waals surface area contributed by atoms with E-state index in [1.165, 1.54) is 39.9 Å². The van der Waals surface area contributed by atoms with Crippen molar-refractivity contribution in [3.05, 3.63) is 55.9 Å². The van der Waals surface area contributed by atoms with Crippen LogP contribution in [0.5, 0.6) is 0 Å². The van der Waals surface area contributed by atoms with Gasteiger partial charge in [0.05, 0.1) is 23.1 Å². The molecule has 194 valence electrons. The molecule has 3 aromatic heterocycles. The van der Waals surface area contributed by atoms with Gasteiger partial charge in [-0.25, -0.2) is 18.9 Å². The molecule has 5 rings (SSSR count). The van der Waals surface area contributed by atoms with Gasteiger partial charge in [0.2, 0.25) is 0 Å². The second-order valence-electron chi connectivity index (χ2n) is 9.47. The van der Waals surface area contributed by atoms with Gasteiger partial charge in [-0.3, -0.25) is 18.7 Å². The van der Waals surface area contributed by atoms with Gasteiger partial charge in [-0.2, -0.15) is 5.10 Å². The van der Waals surface area contributed by atoms with Crippen molar-refractivity contribution in [1.29, 1.82) is 0 Å². The Hall–Kier alpha value is -3.80. The van der Waals surface area contributed by atoms with Gasteiger partial charge < -0.3 is 10.2 Å². The lowest BCUT2D eigenvalue weighted by Gasteiger charge is -2.24. The Kier molecular flexibility index (Phi) is 6.22. The summed E-state index contributed by atoms with van der Waals surface area (Å²) >= 11 is 1.28. The highest BCUT2D eigenvalue weighted by atomic mass is 32.1. The number of halogens is 1. The molecule has 1 aliphatic heterocycles. The normalized spacial score (nSPS) is 16.5. The lowest BCUT2D eigenvalue weighted by Crippen LogP contribution is -2.38. The van der Waals surface area contributed by atoms with Crippen molar-refractivity contribution < 1.29 is 9.18 Å². The number of fused-ring (bicyclic) bond motifs is 1. The van der Waals surface area contributed by atoms with E-state index in [0.717, 1.165) is 28.8 Å². The maximum Gasteiger partial charge on any atom is 0.331 e. The molecule has 1 N–H and O–H groups in total. The molecule has 37 heavy (non-hydrogen) atoms. The summed E-state index contributed by atoms with van der Waals surface area (Å²) in [6, 6.07) is 4.60. The fourth-order valence-corrected chi connectivity index (χ4v) is 5.73. The summed E-state index contributed by atoms with van der Waals surface area (Å²) in [7, 11) is 2.93. The number of hydrogen-bond acceptors (Lipinski definition) is 7. The van der Waals surface area contributed by atoms with Crippen LogP contribution in [0.15, 0.2) is 34.0 Å². The monoisotopic (exact) mass is 525 g/mol. The number of aromatic nitrogens is 5. The Bertz CT molecular complexity index is 1650. The van der Waals surface area contributed by atoms with Crippen LogP contribution in [0.4, 0.5) is 15.2 Å². The molecule has 0 spiro atoms. The molecule has 1 aromatic carbocycles. The zero-order valence-electron chi connectivity index (χ0n) is 21.3. The van der Waals surface area contributed by atoms with Gasteiger partial charge in [0.1, 0.15) is 11.9 Å². The molecule has 0 aliphatic carbocycles. The van der Waals surface area contributed by atoms with Gasteiger partial charge in [0.15, 0.2) is 10.6 Å². The first kappa shape index (κ1) is 24.9. The van der Waals surface area contributed by atoms with Crippen LogP contribution in [-0.4, -0.2) is 42.4 Å². The molecule has 0 bridgehead atoms. The van der Waals surface area contributed by atoms with Crippen molar-refractivity contribution in [1.82, 2.24) is 23.9 Å². The first-order valence-corrected chi connectivity index (χ1v) is 12.9. The van der Waals surface area contributed by atoms with E-state index < -0.39 is 23.2 Å². The summed E-state index contributed by atoms with van der Waals surface area (Å²) in [5, 5.41) is 7.36. The Labute approximate surface area is 216 Å². The van der Waals surface area contributed by atoms with Gasteiger partial charge in [0, 0.05) is 37.1 Å².